The van der Waals surface area contributed by atoms with Gasteiger partial charge in [-0.3, -0.25) is 0 Å². The molecule has 2 aromatic rings. The summed E-state index contributed by atoms with van der Waals surface area (Å²) in [6.45, 7) is 14.4. The van der Waals surface area contributed by atoms with Crippen LogP contribution in [-0.2, 0) is 6.18 Å². The minimum Gasteiger partial charge on any atom is -0.378 e. The van der Waals surface area contributed by atoms with Gasteiger partial charge in [-0.25, -0.2) is 0 Å². The topological polar surface area (TPSA) is 12.0 Å². The lowest BCUT2D eigenvalue weighted by Gasteiger charge is -2.47. The molecule has 3 rings (SSSR count). The van der Waals surface area contributed by atoms with Crippen LogP contribution in [0.15, 0.2) is 48.5 Å². The Kier molecular flexibility index (Phi) is 6.95. The normalized spacial score (nSPS) is 19.6. The van der Waals surface area contributed by atoms with E-state index in [-0.39, 0.29) is 6.04 Å². The van der Waals surface area contributed by atoms with Crippen LogP contribution in [0.2, 0.25) is 22.7 Å². The van der Waals surface area contributed by atoms with Crippen LogP contribution in [0.5, 0.6) is 0 Å². The average molecular weight is 448 g/mol. The maximum Gasteiger partial charge on any atom is 0.416 e. The quantitative estimate of drug-likeness (QED) is 0.436. The van der Waals surface area contributed by atoms with E-state index in [0.717, 1.165) is 17.7 Å². The zero-order valence-corrected chi connectivity index (χ0v) is 20.6. The Bertz CT molecular complexity index is 849. The number of fused-ring (bicyclic) bond motifs is 1. The van der Waals surface area contributed by atoms with Crippen LogP contribution in [0.4, 0.5) is 18.9 Å². The van der Waals surface area contributed by atoms with Crippen LogP contribution in [0, 0.1) is 0 Å². The highest BCUT2D eigenvalue weighted by Crippen LogP contribution is 2.52. The molecule has 1 nitrogen and oxygen atoms in total. The monoisotopic (exact) mass is 447 g/mol. The number of halogens is 3. The molecular formula is C26H36F3NSi. The standard InChI is InChI=1S/C26H36F3NSi/c1-17(2)31(18(3)4,19(5)6)16-21-15-25(30-24-10-8-7-9-23(21)24)20-11-13-22(14-12-20)26(27,28)29/h7-14,17-19,21,25,30H,15-16H2,1-6H3/t21-,25+/m0/s1. The molecule has 0 radical (unpaired) electrons. The van der Waals surface area contributed by atoms with Gasteiger partial charge >= 0.3 is 6.18 Å². The first-order valence-electron chi connectivity index (χ1n) is 11.5. The van der Waals surface area contributed by atoms with Crippen molar-refractivity contribution in [1.29, 1.82) is 0 Å². The number of nitrogens with one attached hydrogen (secondary N) is 1. The maximum absolute atomic E-state index is 13.0. The van der Waals surface area contributed by atoms with E-state index in [1.54, 1.807) is 12.1 Å². The Labute approximate surface area is 186 Å². The number of hydrogen-bond donors (Lipinski definition) is 1. The van der Waals surface area contributed by atoms with Crippen LogP contribution in [0.1, 0.15) is 76.6 Å². The van der Waals surface area contributed by atoms with Crippen molar-refractivity contribution in [2.24, 2.45) is 0 Å². The molecule has 0 fully saturated rings. The number of benzene rings is 2. The van der Waals surface area contributed by atoms with Gasteiger partial charge in [0.25, 0.3) is 0 Å². The Morgan fingerprint density at radius 3 is 1.94 bits per heavy atom. The summed E-state index contributed by atoms with van der Waals surface area (Å²) in [5.41, 5.74) is 4.87. The highest BCUT2D eigenvalue weighted by Gasteiger charge is 2.45. The summed E-state index contributed by atoms with van der Waals surface area (Å²) in [5.74, 6) is 0.420. The van der Waals surface area contributed by atoms with Gasteiger partial charge in [0, 0.05) is 5.69 Å². The van der Waals surface area contributed by atoms with Gasteiger partial charge < -0.3 is 5.32 Å². The second-order valence-electron chi connectivity index (χ2n) is 10.1. The van der Waals surface area contributed by atoms with Gasteiger partial charge in [-0.2, -0.15) is 13.2 Å². The lowest BCUT2D eigenvalue weighted by atomic mass is 9.85. The molecule has 0 amide bonds. The van der Waals surface area contributed by atoms with Crippen LogP contribution in [0.3, 0.4) is 0 Å². The highest BCUT2D eigenvalue weighted by atomic mass is 28.3. The summed E-state index contributed by atoms with van der Waals surface area (Å²) in [5, 5.41) is 3.61. The molecule has 0 saturated heterocycles. The Morgan fingerprint density at radius 1 is 0.871 bits per heavy atom. The highest BCUT2D eigenvalue weighted by molar-refractivity contribution is 6.83. The number of alkyl halides is 3. The molecule has 0 bridgehead atoms. The number of anilines is 1. The number of para-hydroxylation sites is 1. The molecule has 0 aromatic heterocycles. The van der Waals surface area contributed by atoms with Crippen molar-refractivity contribution in [2.75, 3.05) is 5.32 Å². The van der Waals surface area contributed by atoms with Crippen LogP contribution in [0.25, 0.3) is 0 Å². The van der Waals surface area contributed by atoms with E-state index < -0.39 is 19.8 Å². The Morgan fingerprint density at radius 2 is 1.42 bits per heavy atom. The fourth-order valence-corrected chi connectivity index (χ4v) is 12.7. The van der Waals surface area contributed by atoms with Gasteiger partial charge in [0.2, 0.25) is 0 Å². The minimum atomic E-state index is -4.30. The Hall–Kier alpha value is -1.75. The third-order valence-corrected chi connectivity index (χ3v) is 15.4. The van der Waals surface area contributed by atoms with Crippen molar-refractivity contribution in [3.05, 3.63) is 65.2 Å². The minimum absolute atomic E-state index is 0.0281. The molecule has 0 unspecified atom stereocenters. The number of hydrogen-bond acceptors (Lipinski definition) is 1. The van der Waals surface area contributed by atoms with E-state index in [0.29, 0.717) is 22.5 Å². The molecule has 31 heavy (non-hydrogen) atoms. The summed E-state index contributed by atoms with van der Waals surface area (Å²) in [4.78, 5) is 0. The summed E-state index contributed by atoms with van der Waals surface area (Å²) in [6, 6.07) is 15.4. The average Bonchev–Trinajstić information content (AvgIpc) is 2.70. The summed E-state index contributed by atoms with van der Waals surface area (Å²) >= 11 is 0. The predicted octanol–water partition coefficient (Wildman–Crippen LogP) is 9.02. The van der Waals surface area contributed by atoms with E-state index in [1.807, 2.05) is 6.07 Å². The summed E-state index contributed by atoms with van der Waals surface area (Å²) in [7, 11) is -1.62. The lowest BCUT2D eigenvalue weighted by molar-refractivity contribution is -0.137. The van der Waals surface area contributed by atoms with Crippen molar-refractivity contribution in [2.45, 2.75) is 88.8 Å². The molecule has 1 aliphatic rings. The molecule has 0 spiro atoms. The summed E-state index contributed by atoms with van der Waals surface area (Å²) < 4.78 is 39.1. The third-order valence-electron chi connectivity index (χ3n) is 7.72. The largest absolute Gasteiger partial charge is 0.416 e. The van der Waals surface area contributed by atoms with E-state index >= 15 is 0 Å². The van der Waals surface area contributed by atoms with Crippen LogP contribution in [-0.4, -0.2) is 8.07 Å². The van der Waals surface area contributed by atoms with E-state index in [1.165, 1.54) is 23.7 Å². The summed E-state index contributed by atoms with van der Waals surface area (Å²) in [6.07, 6.45) is -3.38. The maximum atomic E-state index is 13.0. The smallest absolute Gasteiger partial charge is 0.378 e. The molecular weight excluding hydrogens is 411 g/mol. The van der Waals surface area contributed by atoms with E-state index in [4.69, 9.17) is 0 Å². The van der Waals surface area contributed by atoms with Gasteiger partial charge in [-0.1, -0.05) is 88.5 Å². The van der Waals surface area contributed by atoms with Gasteiger partial charge in [0.1, 0.15) is 0 Å². The zero-order valence-electron chi connectivity index (χ0n) is 19.6. The first-order valence-corrected chi connectivity index (χ1v) is 13.9. The molecule has 5 heteroatoms. The zero-order chi connectivity index (χ0) is 23.0. The SMILES string of the molecule is CC(C)[Si](C[C@@H]1C[C@H](c2ccc(C(F)(F)F)cc2)Nc2ccccc21)(C(C)C)C(C)C. The van der Waals surface area contributed by atoms with Crippen molar-refractivity contribution < 1.29 is 13.2 Å². The molecule has 2 atom stereocenters. The molecule has 0 saturated carbocycles. The van der Waals surface area contributed by atoms with Crippen molar-refractivity contribution in [3.8, 4) is 0 Å². The van der Waals surface area contributed by atoms with E-state index in [9.17, 15) is 13.2 Å². The molecule has 1 N–H and O–H groups in total. The van der Waals surface area contributed by atoms with Crippen molar-refractivity contribution in [3.63, 3.8) is 0 Å². The van der Waals surface area contributed by atoms with Gasteiger partial charge in [-0.05, 0) is 47.7 Å². The molecule has 1 aliphatic heterocycles. The van der Waals surface area contributed by atoms with Crippen molar-refractivity contribution >= 4 is 13.8 Å². The molecule has 1 heterocycles. The van der Waals surface area contributed by atoms with Gasteiger partial charge in [0.05, 0.1) is 19.7 Å². The Balaban J connectivity index is 1.97. The molecule has 170 valence electrons. The second kappa shape index (κ2) is 9.01. The number of rotatable bonds is 6. The van der Waals surface area contributed by atoms with Crippen LogP contribution >= 0.6 is 0 Å². The predicted molar refractivity (Wildman–Crippen MR) is 127 cm³/mol. The fourth-order valence-electron chi connectivity index (χ4n) is 6.09. The van der Waals surface area contributed by atoms with Gasteiger partial charge in [0.15, 0.2) is 0 Å². The van der Waals surface area contributed by atoms with Gasteiger partial charge in [-0.15, -0.1) is 0 Å². The third kappa shape index (κ3) is 4.71. The molecule has 2 aromatic carbocycles. The van der Waals surface area contributed by atoms with Crippen molar-refractivity contribution in [1.82, 2.24) is 0 Å². The van der Waals surface area contributed by atoms with Crippen LogP contribution < -0.4 is 5.32 Å². The fraction of sp³-hybridized carbons (Fsp3) is 0.538. The second-order valence-corrected chi connectivity index (χ2v) is 16.2. The first kappa shape index (κ1) is 23.9. The lowest BCUT2D eigenvalue weighted by Crippen LogP contribution is -2.46. The first-order chi connectivity index (χ1) is 14.5. The molecule has 0 aliphatic carbocycles. The van der Waals surface area contributed by atoms with E-state index in [2.05, 4.69) is 65.1 Å².